The molecular formula is C16H26N2O3. The number of esters is 1. The van der Waals surface area contributed by atoms with E-state index >= 15 is 0 Å². The maximum absolute atomic E-state index is 11.9. The predicted molar refractivity (Wildman–Crippen MR) is 80.7 cm³/mol. The molecule has 2 rings (SSSR count). The molecule has 1 aliphatic heterocycles. The van der Waals surface area contributed by atoms with Gasteiger partial charge in [0.05, 0.1) is 19.6 Å². The Bertz CT molecular complexity index is 406. The van der Waals surface area contributed by atoms with Crippen LogP contribution in [0.25, 0.3) is 0 Å². The molecule has 1 unspecified atom stereocenters. The lowest BCUT2D eigenvalue weighted by Crippen LogP contribution is -2.37. The predicted octanol–water partition coefficient (Wildman–Crippen LogP) is 1.49. The number of likely N-dealkylation sites (tertiary alicyclic amines) is 1. The Morgan fingerprint density at radius 1 is 1.43 bits per heavy atom. The summed E-state index contributed by atoms with van der Waals surface area (Å²) in [6, 6.07) is 0. The van der Waals surface area contributed by atoms with Crippen LogP contribution in [0, 0.1) is 5.92 Å². The SMILES string of the molecule is COC(=O)C1CCN(CC(=O)NCCC2=CCCCC2)C1. The van der Waals surface area contributed by atoms with Gasteiger partial charge in [-0.15, -0.1) is 0 Å². The van der Waals surface area contributed by atoms with Crippen LogP contribution >= 0.6 is 0 Å². The second-order valence-corrected chi connectivity index (χ2v) is 5.95. The van der Waals surface area contributed by atoms with E-state index in [9.17, 15) is 9.59 Å². The average Bonchev–Trinajstić information content (AvgIpc) is 2.96. The van der Waals surface area contributed by atoms with Crippen molar-refractivity contribution in [2.45, 2.75) is 38.5 Å². The Balaban J connectivity index is 1.61. The average molecular weight is 294 g/mol. The Hall–Kier alpha value is -1.36. The van der Waals surface area contributed by atoms with Gasteiger partial charge in [0.1, 0.15) is 0 Å². The summed E-state index contributed by atoms with van der Waals surface area (Å²) in [4.78, 5) is 25.4. The van der Waals surface area contributed by atoms with Gasteiger partial charge in [-0.2, -0.15) is 0 Å². The third-order valence-corrected chi connectivity index (χ3v) is 4.33. The summed E-state index contributed by atoms with van der Waals surface area (Å²) < 4.78 is 4.75. The fraction of sp³-hybridized carbons (Fsp3) is 0.750. The summed E-state index contributed by atoms with van der Waals surface area (Å²) in [6.45, 7) is 2.52. The van der Waals surface area contributed by atoms with E-state index in [4.69, 9.17) is 4.74 Å². The summed E-state index contributed by atoms with van der Waals surface area (Å²) in [5.41, 5.74) is 1.48. The molecule has 1 amide bonds. The molecular weight excluding hydrogens is 268 g/mol. The van der Waals surface area contributed by atoms with Crippen LogP contribution in [0.15, 0.2) is 11.6 Å². The molecule has 1 heterocycles. The van der Waals surface area contributed by atoms with Crippen molar-refractivity contribution in [1.29, 1.82) is 0 Å². The smallest absolute Gasteiger partial charge is 0.310 e. The van der Waals surface area contributed by atoms with Gasteiger partial charge in [0.25, 0.3) is 0 Å². The molecule has 0 bridgehead atoms. The molecule has 21 heavy (non-hydrogen) atoms. The first kappa shape index (κ1) is 16.0. The summed E-state index contributed by atoms with van der Waals surface area (Å²) in [5, 5.41) is 2.98. The minimum absolute atomic E-state index is 0.0527. The maximum Gasteiger partial charge on any atom is 0.310 e. The van der Waals surface area contributed by atoms with Crippen molar-refractivity contribution in [3.63, 3.8) is 0 Å². The molecule has 0 spiro atoms. The zero-order chi connectivity index (χ0) is 15.1. The molecule has 2 aliphatic rings. The maximum atomic E-state index is 11.9. The second-order valence-electron chi connectivity index (χ2n) is 5.95. The molecule has 1 atom stereocenters. The molecule has 0 saturated carbocycles. The van der Waals surface area contributed by atoms with Crippen molar-refractivity contribution in [3.8, 4) is 0 Å². The van der Waals surface area contributed by atoms with E-state index in [-0.39, 0.29) is 17.8 Å². The topological polar surface area (TPSA) is 58.6 Å². The van der Waals surface area contributed by atoms with Crippen LogP contribution in [-0.2, 0) is 14.3 Å². The van der Waals surface area contributed by atoms with Crippen LogP contribution in [0.4, 0.5) is 0 Å². The van der Waals surface area contributed by atoms with Crippen LogP contribution < -0.4 is 5.32 Å². The molecule has 0 aromatic carbocycles. The number of nitrogens with one attached hydrogen (secondary N) is 1. The van der Waals surface area contributed by atoms with Crippen LogP contribution in [0.2, 0.25) is 0 Å². The van der Waals surface area contributed by atoms with Gasteiger partial charge < -0.3 is 10.1 Å². The molecule has 1 aliphatic carbocycles. The lowest BCUT2D eigenvalue weighted by atomic mass is 9.97. The van der Waals surface area contributed by atoms with Crippen LogP contribution in [0.3, 0.4) is 0 Å². The molecule has 0 aromatic heterocycles. The number of allylic oxidation sites excluding steroid dienone is 1. The van der Waals surface area contributed by atoms with Crippen molar-refractivity contribution in [1.82, 2.24) is 10.2 Å². The van der Waals surface area contributed by atoms with E-state index in [0.717, 1.165) is 25.9 Å². The van der Waals surface area contributed by atoms with Crippen LogP contribution in [0.5, 0.6) is 0 Å². The van der Waals surface area contributed by atoms with Gasteiger partial charge in [0, 0.05) is 13.1 Å². The van der Waals surface area contributed by atoms with Gasteiger partial charge in [-0.25, -0.2) is 0 Å². The molecule has 5 heteroatoms. The van der Waals surface area contributed by atoms with Gasteiger partial charge in [-0.3, -0.25) is 14.5 Å². The molecule has 1 fully saturated rings. The fourth-order valence-electron chi connectivity index (χ4n) is 3.09. The normalized spacial score (nSPS) is 22.7. The summed E-state index contributed by atoms with van der Waals surface area (Å²) in [7, 11) is 1.41. The number of carbonyl (C=O) groups is 2. The van der Waals surface area contributed by atoms with E-state index < -0.39 is 0 Å². The number of hydrogen-bond donors (Lipinski definition) is 1. The molecule has 118 valence electrons. The zero-order valence-electron chi connectivity index (χ0n) is 12.9. The molecule has 5 nitrogen and oxygen atoms in total. The highest BCUT2D eigenvalue weighted by molar-refractivity contribution is 5.78. The highest BCUT2D eigenvalue weighted by Gasteiger charge is 2.29. The quantitative estimate of drug-likeness (QED) is 0.595. The number of nitrogens with zero attached hydrogens (tertiary/aromatic N) is 1. The molecule has 1 saturated heterocycles. The Morgan fingerprint density at radius 2 is 2.29 bits per heavy atom. The van der Waals surface area contributed by atoms with Crippen molar-refractivity contribution in [2.24, 2.45) is 5.92 Å². The number of hydrogen-bond acceptors (Lipinski definition) is 4. The minimum atomic E-state index is -0.165. The fourth-order valence-corrected chi connectivity index (χ4v) is 3.09. The number of carbonyl (C=O) groups excluding carboxylic acids is 2. The third-order valence-electron chi connectivity index (χ3n) is 4.33. The van der Waals surface area contributed by atoms with Gasteiger partial charge in [-0.1, -0.05) is 11.6 Å². The first-order valence-electron chi connectivity index (χ1n) is 7.94. The molecule has 0 radical (unpaired) electrons. The van der Waals surface area contributed by atoms with Crippen molar-refractivity contribution < 1.29 is 14.3 Å². The number of ether oxygens (including phenoxy) is 1. The number of amides is 1. The van der Waals surface area contributed by atoms with E-state index in [1.807, 2.05) is 4.90 Å². The van der Waals surface area contributed by atoms with Crippen LogP contribution in [-0.4, -0.2) is 50.1 Å². The highest BCUT2D eigenvalue weighted by Crippen LogP contribution is 2.19. The summed E-state index contributed by atoms with van der Waals surface area (Å²) in [6.07, 6.45) is 9.02. The first-order chi connectivity index (χ1) is 10.2. The Kier molecular flexibility index (Phi) is 6.23. The number of rotatable bonds is 6. The van der Waals surface area contributed by atoms with Crippen molar-refractivity contribution in [3.05, 3.63) is 11.6 Å². The largest absolute Gasteiger partial charge is 0.469 e. The van der Waals surface area contributed by atoms with Gasteiger partial charge in [0.15, 0.2) is 0 Å². The lowest BCUT2D eigenvalue weighted by Gasteiger charge is -2.16. The lowest BCUT2D eigenvalue weighted by molar-refractivity contribution is -0.145. The monoisotopic (exact) mass is 294 g/mol. The Labute approximate surface area is 126 Å². The number of methoxy groups -OCH3 is 1. The Morgan fingerprint density at radius 3 is 3.00 bits per heavy atom. The third kappa shape index (κ3) is 5.16. The summed E-state index contributed by atoms with van der Waals surface area (Å²) >= 11 is 0. The van der Waals surface area contributed by atoms with E-state index in [1.54, 1.807) is 0 Å². The van der Waals surface area contributed by atoms with Gasteiger partial charge >= 0.3 is 5.97 Å². The van der Waals surface area contributed by atoms with Gasteiger partial charge in [0.2, 0.25) is 5.91 Å². The van der Waals surface area contributed by atoms with Crippen LogP contribution in [0.1, 0.15) is 38.5 Å². The standard InChI is InChI=1S/C16H26N2O3/c1-21-16(20)14-8-10-18(11-14)12-15(19)17-9-7-13-5-3-2-4-6-13/h5,14H,2-4,6-12H2,1H3,(H,17,19). The van der Waals surface area contributed by atoms with Crippen molar-refractivity contribution >= 4 is 11.9 Å². The van der Waals surface area contributed by atoms with E-state index in [0.29, 0.717) is 13.1 Å². The highest BCUT2D eigenvalue weighted by atomic mass is 16.5. The summed E-state index contributed by atoms with van der Waals surface area (Å²) in [5.74, 6) is -0.186. The second kappa shape index (κ2) is 8.17. The van der Waals surface area contributed by atoms with Gasteiger partial charge in [-0.05, 0) is 45.1 Å². The minimum Gasteiger partial charge on any atom is -0.469 e. The first-order valence-corrected chi connectivity index (χ1v) is 7.94. The van der Waals surface area contributed by atoms with Crippen molar-refractivity contribution in [2.75, 3.05) is 33.3 Å². The molecule has 0 aromatic rings. The van der Waals surface area contributed by atoms with E-state index in [2.05, 4.69) is 11.4 Å². The zero-order valence-corrected chi connectivity index (χ0v) is 12.9. The molecule has 1 N–H and O–H groups in total. The van der Waals surface area contributed by atoms with E-state index in [1.165, 1.54) is 38.4 Å².